The minimum atomic E-state index is -4.98. The fraction of sp³-hybridized carbons (Fsp3) is 0.259. The first-order chi connectivity index (χ1) is 19.4. The van der Waals surface area contributed by atoms with Crippen LogP contribution in [0.15, 0.2) is 58.1 Å². The van der Waals surface area contributed by atoms with Crippen LogP contribution in [0.4, 0.5) is 32.2 Å². The van der Waals surface area contributed by atoms with Crippen molar-refractivity contribution in [3.63, 3.8) is 0 Å². The number of thioether (sulfide) groups is 1. The molecule has 7 nitrogen and oxygen atoms in total. The molecule has 0 saturated carbocycles. The number of aromatic nitrogens is 2. The Bertz CT molecular complexity index is 1700. The van der Waals surface area contributed by atoms with Crippen LogP contribution < -0.4 is 10.6 Å². The van der Waals surface area contributed by atoms with Crippen molar-refractivity contribution in [3.8, 4) is 11.1 Å². The molecular formula is C27H20F6N4O3S. The third-order valence-corrected chi connectivity index (χ3v) is 7.99. The van der Waals surface area contributed by atoms with E-state index in [2.05, 4.69) is 11.6 Å². The van der Waals surface area contributed by atoms with Crippen molar-refractivity contribution in [3.05, 3.63) is 76.1 Å². The van der Waals surface area contributed by atoms with Crippen LogP contribution in [-0.2, 0) is 22.3 Å². The van der Waals surface area contributed by atoms with E-state index >= 15 is 0 Å². The summed E-state index contributed by atoms with van der Waals surface area (Å²) in [5.74, 6) is -4.35. The zero-order valence-electron chi connectivity index (χ0n) is 21.1. The Morgan fingerprint density at radius 2 is 1.88 bits per heavy atom. The highest BCUT2D eigenvalue weighted by molar-refractivity contribution is 7.99. The number of hydrogen-bond donors (Lipinski definition) is 0. The van der Waals surface area contributed by atoms with Crippen molar-refractivity contribution >= 4 is 40.7 Å². The highest BCUT2D eigenvalue weighted by Gasteiger charge is 2.39. The van der Waals surface area contributed by atoms with Gasteiger partial charge in [0.05, 0.1) is 17.6 Å². The lowest BCUT2D eigenvalue weighted by molar-refractivity contribution is -0.137. The molecule has 14 heteroatoms. The van der Waals surface area contributed by atoms with Crippen LogP contribution >= 0.6 is 11.8 Å². The number of rotatable bonds is 4. The van der Waals surface area contributed by atoms with Gasteiger partial charge in [-0.25, -0.2) is 18.0 Å². The summed E-state index contributed by atoms with van der Waals surface area (Å²) in [6.45, 7) is 2.60. The van der Waals surface area contributed by atoms with Crippen molar-refractivity contribution < 1.29 is 35.9 Å². The number of carbonyl (C=O) groups is 2. The molecule has 0 bridgehead atoms. The van der Waals surface area contributed by atoms with E-state index < -0.39 is 51.9 Å². The minimum Gasteiger partial charge on any atom is -0.348 e. The smallest absolute Gasteiger partial charge is 0.348 e. The Balaban J connectivity index is 1.80. The predicted octanol–water partition coefficient (Wildman–Crippen LogP) is 5.07. The van der Waals surface area contributed by atoms with Gasteiger partial charge < -0.3 is 9.80 Å². The van der Waals surface area contributed by atoms with Crippen LogP contribution in [0.5, 0.6) is 0 Å². The zero-order valence-corrected chi connectivity index (χ0v) is 21.9. The Kier molecular flexibility index (Phi) is 7.45. The summed E-state index contributed by atoms with van der Waals surface area (Å²) in [6.07, 6.45) is -3.21. The number of benzene rings is 2. The summed E-state index contributed by atoms with van der Waals surface area (Å²) in [5, 5.41) is -0.0623. The summed E-state index contributed by atoms with van der Waals surface area (Å²) in [6, 6.07) is 3.06. The first kappa shape index (κ1) is 28.5. The number of nitrogens with zero attached hydrogens (tertiary/aromatic N) is 4. The molecule has 0 N–H and O–H groups in total. The molecule has 41 heavy (non-hydrogen) atoms. The Morgan fingerprint density at radius 1 is 1.12 bits per heavy atom. The first-order valence-electron chi connectivity index (χ1n) is 12.2. The van der Waals surface area contributed by atoms with Crippen LogP contribution in [0.3, 0.4) is 0 Å². The maximum Gasteiger partial charge on any atom is 0.417 e. The maximum absolute atomic E-state index is 15.0. The van der Waals surface area contributed by atoms with Crippen molar-refractivity contribution in [2.24, 2.45) is 0 Å². The number of alkyl halides is 3. The van der Waals surface area contributed by atoms with Gasteiger partial charge in [-0.15, -0.1) is 11.8 Å². The molecule has 3 aromatic rings. The van der Waals surface area contributed by atoms with E-state index in [0.717, 1.165) is 40.9 Å². The number of hydrogen-bond acceptors (Lipinski definition) is 6. The van der Waals surface area contributed by atoms with Crippen LogP contribution in [-0.4, -0.2) is 52.0 Å². The van der Waals surface area contributed by atoms with Crippen molar-refractivity contribution in [1.82, 2.24) is 14.5 Å². The summed E-state index contributed by atoms with van der Waals surface area (Å²) >= 11 is 1.02. The number of piperazine rings is 1. The second-order valence-corrected chi connectivity index (χ2v) is 10.4. The average Bonchev–Trinajstić information content (AvgIpc) is 3.14. The van der Waals surface area contributed by atoms with Gasteiger partial charge in [-0.3, -0.25) is 14.2 Å². The molecule has 1 aromatic heterocycles. The number of allylic oxidation sites excluding steroid dienone is 1. The molecule has 0 unspecified atom stereocenters. The number of aryl methyl sites for hydroxylation is 1. The Labute approximate surface area is 232 Å². The van der Waals surface area contributed by atoms with Gasteiger partial charge in [-0.2, -0.15) is 18.2 Å². The molecule has 3 heterocycles. The minimum absolute atomic E-state index is 0.00946. The van der Waals surface area contributed by atoms with Gasteiger partial charge in [-0.1, -0.05) is 6.58 Å². The van der Waals surface area contributed by atoms with Gasteiger partial charge in [-0.05, 0) is 36.4 Å². The lowest BCUT2D eigenvalue weighted by atomic mass is 9.95. The van der Waals surface area contributed by atoms with Gasteiger partial charge in [0, 0.05) is 52.8 Å². The first-order valence-corrected chi connectivity index (χ1v) is 13.2. The van der Waals surface area contributed by atoms with Crippen LogP contribution in [0.1, 0.15) is 12.0 Å². The quantitative estimate of drug-likeness (QED) is 0.239. The molecule has 2 aliphatic heterocycles. The van der Waals surface area contributed by atoms with Gasteiger partial charge >= 0.3 is 11.9 Å². The second-order valence-electron chi connectivity index (χ2n) is 9.30. The third-order valence-electron chi connectivity index (χ3n) is 6.81. The van der Waals surface area contributed by atoms with E-state index in [9.17, 15) is 40.7 Å². The summed E-state index contributed by atoms with van der Waals surface area (Å²) in [4.78, 5) is 43.3. The highest BCUT2D eigenvalue weighted by Crippen LogP contribution is 2.48. The zero-order chi connectivity index (χ0) is 29.6. The molecule has 0 aliphatic carbocycles. The van der Waals surface area contributed by atoms with E-state index in [-0.39, 0.29) is 53.5 Å². The monoisotopic (exact) mass is 594 g/mol. The van der Waals surface area contributed by atoms with Crippen LogP contribution in [0.25, 0.3) is 22.0 Å². The molecule has 2 aromatic carbocycles. The average molecular weight is 595 g/mol. The predicted molar refractivity (Wildman–Crippen MR) is 140 cm³/mol. The third kappa shape index (κ3) is 5.11. The molecule has 1 amide bonds. The molecule has 1 saturated heterocycles. The van der Waals surface area contributed by atoms with Crippen molar-refractivity contribution in [2.45, 2.75) is 24.0 Å². The molecule has 0 radical (unpaired) electrons. The SMILES string of the molecule is C=C(F)C(=O)N1CCN(c2nc(=O)n3c4c(c(-c5ccc(F)cc5F)c(C(F)(F)F)cc24)SCCC3)C/C1=C\C=O. The van der Waals surface area contributed by atoms with Gasteiger partial charge in [0.15, 0.2) is 5.83 Å². The maximum atomic E-state index is 15.0. The Morgan fingerprint density at radius 3 is 2.54 bits per heavy atom. The highest BCUT2D eigenvalue weighted by atomic mass is 32.2. The van der Waals surface area contributed by atoms with Gasteiger partial charge in [0.25, 0.3) is 5.91 Å². The van der Waals surface area contributed by atoms with E-state index in [0.29, 0.717) is 24.5 Å². The Hall–Kier alpha value is -4.07. The molecular weight excluding hydrogens is 574 g/mol. The van der Waals surface area contributed by atoms with E-state index in [1.165, 1.54) is 9.47 Å². The van der Waals surface area contributed by atoms with Crippen LogP contribution in [0, 0.1) is 11.6 Å². The lowest BCUT2D eigenvalue weighted by Gasteiger charge is -2.37. The van der Waals surface area contributed by atoms with Crippen molar-refractivity contribution in [2.75, 3.05) is 30.3 Å². The topological polar surface area (TPSA) is 75.5 Å². The molecule has 0 atom stereocenters. The number of aldehydes is 1. The van der Waals surface area contributed by atoms with Crippen molar-refractivity contribution in [1.29, 1.82) is 0 Å². The standard InChI is InChI=1S/C27H20F6N4O3S/c1-14(28)25(39)36-8-7-35(13-16(36)5-9-38)24-18-12-19(27(31,32)33)21(17-4-3-15(29)11-20(17)30)23-22(18)37(26(40)34-24)6-2-10-41-23/h3-5,9,11-12H,1-2,6-8,10,13H2/b16-5+. The second kappa shape index (κ2) is 10.7. The van der Waals surface area contributed by atoms with Gasteiger partial charge in [0.2, 0.25) is 0 Å². The van der Waals surface area contributed by atoms with Crippen LogP contribution in [0.2, 0.25) is 0 Å². The summed E-state index contributed by atoms with van der Waals surface area (Å²) < 4.78 is 87.3. The lowest BCUT2D eigenvalue weighted by Crippen LogP contribution is -2.48. The van der Waals surface area contributed by atoms with E-state index in [1.807, 2.05) is 0 Å². The van der Waals surface area contributed by atoms with E-state index in [1.54, 1.807) is 0 Å². The fourth-order valence-corrected chi connectivity index (χ4v) is 6.27. The van der Waals surface area contributed by atoms with Gasteiger partial charge in [0.1, 0.15) is 23.7 Å². The summed E-state index contributed by atoms with van der Waals surface area (Å²) in [5.41, 5.74) is -2.84. The number of anilines is 1. The molecule has 5 rings (SSSR count). The number of amides is 1. The largest absolute Gasteiger partial charge is 0.417 e. The number of halogens is 6. The molecule has 2 aliphatic rings. The van der Waals surface area contributed by atoms with E-state index in [4.69, 9.17) is 0 Å². The normalized spacial score (nSPS) is 16.7. The molecule has 214 valence electrons. The fourth-order valence-electron chi connectivity index (χ4n) is 5.07. The molecule has 1 fully saturated rings. The number of carbonyl (C=O) groups excluding carboxylic acids is 2. The molecule has 0 spiro atoms. The summed E-state index contributed by atoms with van der Waals surface area (Å²) in [7, 11) is 0.